The summed E-state index contributed by atoms with van der Waals surface area (Å²) in [5.74, 6) is 0.0283. The van der Waals surface area contributed by atoms with Crippen LogP contribution in [0.3, 0.4) is 0 Å². The summed E-state index contributed by atoms with van der Waals surface area (Å²) in [6, 6.07) is 7.00. The summed E-state index contributed by atoms with van der Waals surface area (Å²) in [6.07, 6.45) is 1.81. The number of hydrogen-bond donors (Lipinski definition) is 2. The van der Waals surface area contributed by atoms with Crippen molar-refractivity contribution in [3.05, 3.63) is 35.5 Å². The van der Waals surface area contributed by atoms with Gasteiger partial charge in [-0.2, -0.15) is 5.10 Å². The van der Waals surface area contributed by atoms with E-state index in [2.05, 4.69) is 15.7 Å². The highest BCUT2D eigenvalue weighted by Crippen LogP contribution is 2.38. The first kappa shape index (κ1) is 14.9. The molecule has 2 amide bonds. The van der Waals surface area contributed by atoms with Crippen molar-refractivity contribution in [1.82, 2.24) is 9.78 Å². The van der Waals surface area contributed by atoms with Crippen molar-refractivity contribution in [2.75, 3.05) is 10.6 Å². The first-order chi connectivity index (χ1) is 10.5. The molecule has 114 valence electrons. The Kier molecular flexibility index (Phi) is 4.08. The van der Waals surface area contributed by atoms with E-state index in [1.54, 1.807) is 36.1 Å². The van der Waals surface area contributed by atoms with E-state index in [9.17, 15) is 9.59 Å². The number of aryl methyl sites for hydroxylation is 1. The molecule has 0 bridgehead atoms. The zero-order valence-corrected chi connectivity index (χ0v) is 13.2. The van der Waals surface area contributed by atoms with Crippen LogP contribution in [0, 0.1) is 0 Å². The van der Waals surface area contributed by atoms with Crippen LogP contribution < -0.4 is 10.6 Å². The summed E-state index contributed by atoms with van der Waals surface area (Å²) >= 11 is 7.26. The van der Waals surface area contributed by atoms with Gasteiger partial charge in [0.2, 0.25) is 11.8 Å². The predicted molar refractivity (Wildman–Crippen MR) is 86.2 cm³/mol. The largest absolute Gasteiger partial charge is 0.324 e. The van der Waals surface area contributed by atoms with E-state index < -0.39 is 5.25 Å². The van der Waals surface area contributed by atoms with Crippen LogP contribution in [0.25, 0.3) is 0 Å². The average Bonchev–Trinajstić information content (AvgIpc) is 2.85. The molecule has 0 saturated carbocycles. The number of amides is 2. The third-order valence-corrected chi connectivity index (χ3v) is 4.62. The smallest absolute Gasteiger partial charge is 0.238 e. The van der Waals surface area contributed by atoms with E-state index in [-0.39, 0.29) is 18.2 Å². The standard InChI is InChI=1S/C14H13ClN4O2S/c1-19-5-4-12(18-19)17-13(20)7-11-14(21)16-9-6-8(15)2-3-10(9)22-11/h2-6,11H,7H2,1H3,(H,16,21)(H,17,18,20). The normalized spacial score (nSPS) is 16.8. The quantitative estimate of drug-likeness (QED) is 0.903. The lowest BCUT2D eigenvalue weighted by Crippen LogP contribution is -2.32. The van der Waals surface area contributed by atoms with Gasteiger partial charge in [0.25, 0.3) is 0 Å². The number of halogens is 1. The SMILES string of the molecule is Cn1ccc(NC(=O)CC2Sc3ccc(Cl)cc3NC2=O)n1. The van der Waals surface area contributed by atoms with Crippen molar-refractivity contribution in [3.63, 3.8) is 0 Å². The second kappa shape index (κ2) is 6.02. The van der Waals surface area contributed by atoms with Gasteiger partial charge in [0.05, 0.1) is 10.9 Å². The van der Waals surface area contributed by atoms with E-state index in [1.165, 1.54) is 11.8 Å². The molecule has 8 heteroatoms. The number of anilines is 2. The van der Waals surface area contributed by atoms with Gasteiger partial charge in [-0.1, -0.05) is 11.6 Å². The van der Waals surface area contributed by atoms with Crippen molar-refractivity contribution >= 4 is 46.7 Å². The zero-order valence-electron chi connectivity index (χ0n) is 11.7. The van der Waals surface area contributed by atoms with Gasteiger partial charge in [0.15, 0.2) is 5.82 Å². The first-order valence-corrected chi connectivity index (χ1v) is 7.83. The highest BCUT2D eigenvalue weighted by molar-refractivity contribution is 8.01. The van der Waals surface area contributed by atoms with Crippen LogP contribution in [0.15, 0.2) is 35.4 Å². The first-order valence-electron chi connectivity index (χ1n) is 6.58. The fraction of sp³-hybridized carbons (Fsp3) is 0.214. The molecule has 6 nitrogen and oxygen atoms in total. The van der Waals surface area contributed by atoms with Gasteiger partial charge in [-0.05, 0) is 18.2 Å². The minimum atomic E-state index is -0.475. The molecule has 3 rings (SSSR count). The summed E-state index contributed by atoms with van der Waals surface area (Å²) in [7, 11) is 1.77. The molecule has 1 aliphatic rings. The maximum Gasteiger partial charge on any atom is 0.238 e. The van der Waals surface area contributed by atoms with Crippen molar-refractivity contribution in [1.29, 1.82) is 0 Å². The predicted octanol–water partition coefficient (Wildman–Crippen LogP) is 2.52. The van der Waals surface area contributed by atoms with Crippen LogP contribution in [0.4, 0.5) is 11.5 Å². The van der Waals surface area contributed by atoms with Gasteiger partial charge >= 0.3 is 0 Å². The molecule has 0 fully saturated rings. The van der Waals surface area contributed by atoms with Gasteiger partial charge in [-0.3, -0.25) is 14.3 Å². The maximum absolute atomic E-state index is 12.1. The lowest BCUT2D eigenvalue weighted by Gasteiger charge is -2.23. The number of nitrogens with zero attached hydrogens (tertiary/aromatic N) is 2. The molecule has 1 atom stereocenters. The third-order valence-electron chi connectivity index (χ3n) is 3.11. The number of benzene rings is 1. The highest BCUT2D eigenvalue weighted by Gasteiger charge is 2.29. The minimum absolute atomic E-state index is 0.0785. The summed E-state index contributed by atoms with van der Waals surface area (Å²) in [5.41, 5.74) is 0.684. The molecule has 1 unspecified atom stereocenters. The Labute approximate surface area is 136 Å². The number of carbonyl (C=O) groups is 2. The lowest BCUT2D eigenvalue weighted by molar-refractivity contribution is -0.120. The maximum atomic E-state index is 12.1. The van der Waals surface area contributed by atoms with Crippen LogP contribution >= 0.6 is 23.4 Å². The fourth-order valence-electron chi connectivity index (χ4n) is 2.10. The molecular formula is C14H13ClN4O2S. The Morgan fingerprint density at radius 2 is 2.32 bits per heavy atom. The molecule has 2 heterocycles. The Morgan fingerprint density at radius 1 is 1.50 bits per heavy atom. The molecule has 2 aromatic rings. The molecule has 1 aromatic carbocycles. The number of aromatic nitrogens is 2. The molecule has 1 aliphatic heterocycles. The molecular weight excluding hydrogens is 324 g/mol. The summed E-state index contributed by atoms with van der Waals surface area (Å²) in [6.45, 7) is 0. The lowest BCUT2D eigenvalue weighted by atomic mass is 10.2. The summed E-state index contributed by atoms with van der Waals surface area (Å²) < 4.78 is 1.59. The highest BCUT2D eigenvalue weighted by atomic mass is 35.5. The zero-order chi connectivity index (χ0) is 15.7. The molecule has 1 aromatic heterocycles. The van der Waals surface area contributed by atoms with Crippen molar-refractivity contribution < 1.29 is 9.59 Å². The van der Waals surface area contributed by atoms with Crippen LogP contribution in [0.5, 0.6) is 0 Å². The second-order valence-corrected chi connectivity index (χ2v) is 6.54. The molecule has 2 N–H and O–H groups in total. The van der Waals surface area contributed by atoms with Gasteiger partial charge in [-0.15, -0.1) is 11.8 Å². The van der Waals surface area contributed by atoms with E-state index in [4.69, 9.17) is 11.6 Å². The fourth-order valence-corrected chi connectivity index (χ4v) is 3.36. The van der Waals surface area contributed by atoms with Gasteiger partial charge in [-0.25, -0.2) is 0 Å². The summed E-state index contributed by atoms with van der Waals surface area (Å²) in [5, 5.41) is 9.62. The number of fused-ring (bicyclic) bond motifs is 1. The van der Waals surface area contributed by atoms with E-state index in [1.807, 2.05) is 6.07 Å². The Morgan fingerprint density at radius 3 is 3.05 bits per heavy atom. The van der Waals surface area contributed by atoms with Crippen molar-refractivity contribution in [2.45, 2.75) is 16.6 Å². The van der Waals surface area contributed by atoms with E-state index in [0.717, 1.165) is 4.90 Å². The number of nitrogens with one attached hydrogen (secondary N) is 2. The molecule has 0 aliphatic carbocycles. The number of carbonyl (C=O) groups excluding carboxylic acids is 2. The topological polar surface area (TPSA) is 76.0 Å². The third kappa shape index (κ3) is 3.26. The summed E-state index contributed by atoms with van der Waals surface area (Å²) in [4.78, 5) is 25.0. The monoisotopic (exact) mass is 336 g/mol. The van der Waals surface area contributed by atoms with E-state index in [0.29, 0.717) is 16.5 Å². The van der Waals surface area contributed by atoms with Crippen LogP contribution in [0.1, 0.15) is 6.42 Å². The van der Waals surface area contributed by atoms with Gasteiger partial charge in [0.1, 0.15) is 0 Å². The Balaban J connectivity index is 1.66. The molecule has 0 saturated heterocycles. The number of hydrogen-bond acceptors (Lipinski definition) is 4. The van der Waals surface area contributed by atoms with Crippen LogP contribution in [-0.4, -0.2) is 26.8 Å². The van der Waals surface area contributed by atoms with Crippen LogP contribution in [0.2, 0.25) is 5.02 Å². The number of thioether (sulfide) groups is 1. The second-order valence-electron chi connectivity index (χ2n) is 4.86. The number of rotatable bonds is 3. The molecule has 0 spiro atoms. The molecule has 22 heavy (non-hydrogen) atoms. The van der Waals surface area contributed by atoms with Crippen molar-refractivity contribution in [2.24, 2.45) is 7.05 Å². The van der Waals surface area contributed by atoms with E-state index >= 15 is 0 Å². The van der Waals surface area contributed by atoms with Crippen LogP contribution in [-0.2, 0) is 16.6 Å². The van der Waals surface area contributed by atoms with Crippen molar-refractivity contribution in [3.8, 4) is 0 Å². The molecule has 0 radical (unpaired) electrons. The Bertz CT molecular complexity index is 746. The van der Waals surface area contributed by atoms with Gasteiger partial charge < -0.3 is 10.6 Å². The average molecular weight is 337 g/mol. The Hall–Kier alpha value is -1.99. The van der Waals surface area contributed by atoms with Gasteiger partial charge in [0, 0.05) is 35.6 Å². The minimum Gasteiger partial charge on any atom is -0.324 e.